The molecule has 0 aromatic heterocycles. The molecule has 0 aliphatic carbocycles. The van der Waals surface area contributed by atoms with Crippen LogP contribution < -0.4 is 0 Å². The molecule has 0 saturated heterocycles. The summed E-state index contributed by atoms with van der Waals surface area (Å²) in [5, 5.41) is 0. The molecule has 0 bridgehead atoms. The van der Waals surface area contributed by atoms with Gasteiger partial charge in [0.15, 0.2) is 0 Å². The molecule has 0 rings (SSSR count). The van der Waals surface area contributed by atoms with E-state index >= 15 is 0 Å². The second-order valence-corrected chi connectivity index (χ2v) is 21.3. The predicted octanol–water partition coefficient (Wildman–Crippen LogP) is 4.35. The summed E-state index contributed by atoms with van der Waals surface area (Å²) in [6.45, 7) is 14.9. The number of hydrogen-bond acceptors (Lipinski definition) is 0. The Morgan fingerprint density at radius 1 is 0.667 bits per heavy atom. The summed E-state index contributed by atoms with van der Waals surface area (Å²) in [5.74, 6) is 0. The van der Waals surface area contributed by atoms with E-state index in [1.54, 1.807) is 0 Å². The molecule has 0 spiro atoms. The van der Waals surface area contributed by atoms with Crippen molar-refractivity contribution in [3.8, 4) is 0 Å². The smallest absolute Gasteiger partial charge is 0.0595 e. The maximum absolute atomic E-state index is 2.69. The zero-order valence-electron chi connectivity index (χ0n) is 8.91. The lowest BCUT2D eigenvalue weighted by Crippen LogP contribution is -2.49. The molecule has 12 heavy (non-hydrogen) atoms. The van der Waals surface area contributed by atoms with Crippen molar-refractivity contribution >= 4 is 61.3 Å². The lowest BCUT2D eigenvalue weighted by molar-refractivity contribution is 1.24. The van der Waals surface area contributed by atoms with E-state index in [0.29, 0.717) is 0 Å². The van der Waals surface area contributed by atoms with Gasteiger partial charge in [0.2, 0.25) is 0 Å². The summed E-state index contributed by atoms with van der Waals surface area (Å²) in [6.07, 6.45) is 0. The molecule has 0 radical (unpaired) electrons. The zero-order chi connectivity index (χ0) is 10.2. The van der Waals surface area contributed by atoms with Crippen LogP contribution in [0.4, 0.5) is 0 Å². The standard InChI is InChI=1S/C8H20I2Si2/c1-11(2,3)7(9)8(10)12(4,5)6/h7-8H,1-6H3. The molecule has 0 nitrogen and oxygen atoms in total. The Balaban J connectivity index is 4.41. The average Bonchev–Trinajstić information content (AvgIpc) is 1.80. The Bertz CT molecular complexity index is 128. The number of halogens is 2. The maximum Gasteiger partial charge on any atom is 0.0595 e. The van der Waals surface area contributed by atoms with Gasteiger partial charge in [0, 0.05) is 7.10 Å². The Morgan fingerprint density at radius 3 is 0.917 bits per heavy atom. The molecule has 0 N–H and O–H groups in total. The number of hydrogen-bond donors (Lipinski definition) is 0. The minimum Gasteiger partial charge on any atom is -0.0852 e. The summed E-state index contributed by atoms with van der Waals surface area (Å²) < 4.78 is 1.87. The molecule has 74 valence electrons. The molecule has 0 aromatic rings. The SMILES string of the molecule is C[Si](C)(C)C(I)C(I)[Si](C)(C)C. The first-order valence-corrected chi connectivity index (χ1v) is 14.0. The fraction of sp³-hybridized carbons (Fsp3) is 1.00. The molecule has 0 aromatic carbocycles. The van der Waals surface area contributed by atoms with Crippen molar-refractivity contribution < 1.29 is 0 Å². The van der Waals surface area contributed by atoms with E-state index in [2.05, 4.69) is 84.5 Å². The van der Waals surface area contributed by atoms with Crippen molar-refractivity contribution in [2.24, 2.45) is 0 Å². The van der Waals surface area contributed by atoms with Gasteiger partial charge >= 0.3 is 0 Å². The normalized spacial score (nSPS) is 19.0. The van der Waals surface area contributed by atoms with Gasteiger partial charge in [-0.15, -0.1) is 0 Å². The molecule has 0 amide bonds. The fourth-order valence-electron chi connectivity index (χ4n) is 0.878. The van der Waals surface area contributed by atoms with E-state index in [4.69, 9.17) is 0 Å². The maximum atomic E-state index is 2.69. The van der Waals surface area contributed by atoms with Crippen LogP contribution in [-0.4, -0.2) is 23.2 Å². The molecule has 0 fully saturated rings. The minimum atomic E-state index is -0.920. The van der Waals surface area contributed by atoms with E-state index < -0.39 is 16.1 Å². The van der Waals surface area contributed by atoms with Gasteiger partial charge < -0.3 is 0 Å². The van der Waals surface area contributed by atoms with Crippen molar-refractivity contribution in [2.45, 2.75) is 46.4 Å². The van der Waals surface area contributed by atoms with Crippen LogP contribution in [0.15, 0.2) is 0 Å². The average molecular weight is 426 g/mol. The highest BCUT2D eigenvalue weighted by atomic mass is 127. The van der Waals surface area contributed by atoms with Crippen LogP contribution in [-0.2, 0) is 0 Å². The van der Waals surface area contributed by atoms with Crippen molar-refractivity contribution in [1.82, 2.24) is 0 Å². The summed E-state index contributed by atoms with van der Waals surface area (Å²) in [5.41, 5.74) is 0. The lowest BCUT2D eigenvalue weighted by Gasteiger charge is -2.35. The molecule has 2 unspecified atom stereocenters. The molecule has 0 aliphatic heterocycles. The Kier molecular flexibility index (Phi) is 5.34. The molecular formula is C8H20I2Si2. The van der Waals surface area contributed by atoms with Crippen LogP contribution in [0.5, 0.6) is 0 Å². The highest BCUT2D eigenvalue weighted by Gasteiger charge is 2.37. The fourth-order valence-corrected chi connectivity index (χ4v) is 12.1. The van der Waals surface area contributed by atoms with Crippen molar-refractivity contribution in [1.29, 1.82) is 0 Å². The third kappa shape index (κ3) is 4.41. The molecular weight excluding hydrogens is 406 g/mol. The van der Waals surface area contributed by atoms with Crippen molar-refractivity contribution in [3.05, 3.63) is 0 Å². The van der Waals surface area contributed by atoms with Gasteiger partial charge in [0.1, 0.15) is 0 Å². The van der Waals surface area contributed by atoms with Gasteiger partial charge in [-0.1, -0.05) is 84.5 Å². The second-order valence-electron chi connectivity index (χ2n) is 5.54. The Labute approximate surface area is 107 Å². The number of rotatable bonds is 3. The van der Waals surface area contributed by atoms with E-state index in [-0.39, 0.29) is 0 Å². The Hall–Kier alpha value is 1.89. The van der Waals surface area contributed by atoms with Crippen LogP contribution in [0.1, 0.15) is 0 Å². The van der Waals surface area contributed by atoms with E-state index in [0.717, 1.165) is 7.10 Å². The van der Waals surface area contributed by atoms with E-state index in [1.807, 2.05) is 0 Å². The van der Waals surface area contributed by atoms with Crippen LogP contribution in [0, 0.1) is 0 Å². The summed E-state index contributed by atoms with van der Waals surface area (Å²) in [7, 11) is -1.84. The van der Waals surface area contributed by atoms with Crippen molar-refractivity contribution in [2.75, 3.05) is 0 Å². The van der Waals surface area contributed by atoms with E-state index in [9.17, 15) is 0 Å². The molecule has 0 heterocycles. The van der Waals surface area contributed by atoms with Gasteiger partial charge in [0.05, 0.1) is 16.1 Å². The quantitative estimate of drug-likeness (QED) is 0.358. The van der Waals surface area contributed by atoms with Gasteiger partial charge in [-0.05, 0) is 0 Å². The monoisotopic (exact) mass is 426 g/mol. The third-order valence-corrected chi connectivity index (χ3v) is 21.6. The highest BCUT2D eigenvalue weighted by Crippen LogP contribution is 2.31. The Morgan fingerprint density at radius 2 is 0.833 bits per heavy atom. The van der Waals surface area contributed by atoms with Gasteiger partial charge in [-0.2, -0.15) is 0 Å². The topological polar surface area (TPSA) is 0 Å². The summed E-state index contributed by atoms with van der Waals surface area (Å²) in [4.78, 5) is 0. The largest absolute Gasteiger partial charge is 0.0852 e. The minimum absolute atomic E-state index is 0.920. The molecule has 4 heteroatoms. The predicted molar refractivity (Wildman–Crippen MR) is 82.3 cm³/mol. The van der Waals surface area contributed by atoms with Gasteiger partial charge in [-0.3, -0.25) is 0 Å². The summed E-state index contributed by atoms with van der Waals surface area (Å²) >= 11 is 5.38. The number of alkyl halides is 2. The molecule has 2 atom stereocenters. The lowest BCUT2D eigenvalue weighted by atomic mass is 10.9. The molecule has 0 saturated carbocycles. The first-order valence-electron chi connectivity index (χ1n) is 4.35. The van der Waals surface area contributed by atoms with Crippen LogP contribution in [0.3, 0.4) is 0 Å². The first kappa shape index (κ1) is 13.9. The first-order chi connectivity index (χ1) is 5.07. The highest BCUT2D eigenvalue weighted by molar-refractivity contribution is 14.1. The third-order valence-electron chi connectivity index (χ3n) is 1.91. The molecule has 0 aliphatic rings. The second kappa shape index (κ2) is 4.61. The van der Waals surface area contributed by atoms with Gasteiger partial charge in [0.25, 0.3) is 0 Å². The van der Waals surface area contributed by atoms with Crippen LogP contribution in [0.2, 0.25) is 39.3 Å². The van der Waals surface area contributed by atoms with Crippen molar-refractivity contribution in [3.63, 3.8) is 0 Å². The van der Waals surface area contributed by atoms with Crippen LogP contribution >= 0.6 is 45.2 Å². The summed E-state index contributed by atoms with van der Waals surface area (Å²) in [6, 6.07) is 0. The zero-order valence-corrected chi connectivity index (χ0v) is 15.2. The van der Waals surface area contributed by atoms with Gasteiger partial charge in [-0.25, -0.2) is 0 Å². The van der Waals surface area contributed by atoms with Crippen LogP contribution in [0.25, 0.3) is 0 Å². The van der Waals surface area contributed by atoms with E-state index in [1.165, 1.54) is 0 Å².